The van der Waals surface area contributed by atoms with E-state index in [1.165, 1.54) is 25.7 Å². The first-order valence-corrected chi connectivity index (χ1v) is 8.04. The van der Waals surface area contributed by atoms with Gasteiger partial charge in [-0.05, 0) is 54.9 Å². The lowest BCUT2D eigenvalue weighted by Crippen LogP contribution is -2.52. The van der Waals surface area contributed by atoms with Gasteiger partial charge in [-0.1, -0.05) is 19.8 Å². The van der Waals surface area contributed by atoms with Crippen molar-refractivity contribution in [2.24, 2.45) is 5.92 Å². The summed E-state index contributed by atoms with van der Waals surface area (Å²) < 4.78 is 0.911. The number of rotatable bonds is 4. The highest BCUT2D eigenvalue weighted by molar-refractivity contribution is 9.10. The minimum Gasteiger partial charge on any atom is -0.396 e. The van der Waals surface area contributed by atoms with Crippen LogP contribution in [-0.4, -0.2) is 36.1 Å². The molecule has 20 heavy (non-hydrogen) atoms. The molecule has 0 amide bonds. The van der Waals surface area contributed by atoms with Gasteiger partial charge in [-0.2, -0.15) is 0 Å². The van der Waals surface area contributed by atoms with Crippen molar-refractivity contribution in [1.29, 1.82) is 0 Å². The predicted molar refractivity (Wildman–Crippen MR) is 88.9 cm³/mol. The molecule has 0 aromatic carbocycles. The van der Waals surface area contributed by atoms with E-state index in [0.717, 1.165) is 22.8 Å². The van der Waals surface area contributed by atoms with Gasteiger partial charge in [-0.25, -0.2) is 4.98 Å². The molecule has 2 unspecified atom stereocenters. The summed E-state index contributed by atoms with van der Waals surface area (Å²) in [4.78, 5) is 6.74. The Morgan fingerprint density at radius 3 is 2.90 bits per heavy atom. The summed E-state index contributed by atoms with van der Waals surface area (Å²) in [5.41, 5.74) is 6.91. The standard InChI is InChI=1S/C15H25BrN4/c1-11-5-4-6-15(8-11,20(2)3)10-19-14-13(17)7-12(16)9-18-14/h7,9,11H,4-6,8,10,17H2,1-3H3,(H,18,19). The molecule has 1 aromatic heterocycles. The van der Waals surface area contributed by atoms with E-state index in [4.69, 9.17) is 5.73 Å². The zero-order chi connectivity index (χ0) is 14.8. The van der Waals surface area contributed by atoms with Gasteiger partial charge in [0.1, 0.15) is 5.82 Å². The molecule has 0 saturated heterocycles. The van der Waals surface area contributed by atoms with Crippen LogP contribution in [0.3, 0.4) is 0 Å². The normalized spacial score (nSPS) is 26.8. The first-order valence-electron chi connectivity index (χ1n) is 7.25. The molecule has 0 radical (unpaired) electrons. The molecule has 0 spiro atoms. The Morgan fingerprint density at radius 1 is 1.55 bits per heavy atom. The van der Waals surface area contributed by atoms with Crippen molar-refractivity contribution < 1.29 is 0 Å². The van der Waals surface area contributed by atoms with E-state index < -0.39 is 0 Å². The summed E-state index contributed by atoms with van der Waals surface area (Å²) in [6.45, 7) is 3.24. The fourth-order valence-corrected chi connectivity index (χ4v) is 3.56. The second-order valence-electron chi connectivity index (χ2n) is 6.27. The molecule has 2 atom stereocenters. The maximum absolute atomic E-state index is 6.01. The second-order valence-corrected chi connectivity index (χ2v) is 7.18. The van der Waals surface area contributed by atoms with Gasteiger partial charge >= 0.3 is 0 Å². The highest BCUT2D eigenvalue weighted by atomic mass is 79.9. The number of aromatic nitrogens is 1. The molecule has 4 nitrogen and oxygen atoms in total. The summed E-state index contributed by atoms with van der Waals surface area (Å²) in [7, 11) is 4.36. The van der Waals surface area contributed by atoms with Gasteiger partial charge in [0.25, 0.3) is 0 Å². The zero-order valence-electron chi connectivity index (χ0n) is 12.6. The number of nitrogen functional groups attached to an aromatic ring is 1. The third kappa shape index (κ3) is 3.44. The number of nitrogens with two attached hydrogens (primary N) is 1. The number of nitrogens with zero attached hydrogens (tertiary/aromatic N) is 2. The van der Waals surface area contributed by atoms with Gasteiger partial charge in [-0.3, -0.25) is 0 Å². The fraction of sp³-hybridized carbons (Fsp3) is 0.667. The van der Waals surface area contributed by atoms with Crippen molar-refractivity contribution in [3.8, 4) is 0 Å². The highest BCUT2D eigenvalue weighted by Gasteiger charge is 2.36. The monoisotopic (exact) mass is 340 g/mol. The van der Waals surface area contributed by atoms with Crippen molar-refractivity contribution in [3.63, 3.8) is 0 Å². The molecule has 3 N–H and O–H groups in total. The van der Waals surface area contributed by atoms with Crippen LogP contribution in [0.15, 0.2) is 16.7 Å². The number of hydrogen-bond donors (Lipinski definition) is 2. The van der Waals surface area contributed by atoms with Crippen LogP contribution in [0, 0.1) is 5.92 Å². The van der Waals surface area contributed by atoms with E-state index in [2.05, 4.69) is 52.1 Å². The lowest BCUT2D eigenvalue weighted by atomic mass is 9.75. The van der Waals surface area contributed by atoms with Gasteiger partial charge in [0.05, 0.1) is 5.69 Å². The molecular weight excluding hydrogens is 316 g/mol. The molecule has 1 heterocycles. The van der Waals surface area contributed by atoms with Crippen LogP contribution >= 0.6 is 15.9 Å². The first kappa shape index (κ1) is 15.6. The Morgan fingerprint density at radius 2 is 2.30 bits per heavy atom. The van der Waals surface area contributed by atoms with Crippen molar-refractivity contribution in [1.82, 2.24) is 9.88 Å². The van der Waals surface area contributed by atoms with Crippen LogP contribution < -0.4 is 11.1 Å². The van der Waals surface area contributed by atoms with E-state index in [0.29, 0.717) is 5.69 Å². The van der Waals surface area contributed by atoms with E-state index in [-0.39, 0.29) is 5.54 Å². The van der Waals surface area contributed by atoms with Gasteiger partial charge in [0.2, 0.25) is 0 Å². The third-order valence-electron chi connectivity index (χ3n) is 4.48. The van der Waals surface area contributed by atoms with Crippen molar-refractivity contribution in [2.75, 3.05) is 31.7 Å². The fourth-order valence-electron chi connectivity index (χ4n) is 3.21. The predicted octanol–water partition coefficient (Wildman–Crippen LogP) is 3.35. The van der Waals surface area contributed by atoms with Crippen molar-refractivity contribution in [2.45, 2.75) is 38.1 Å². The summed E-state index contributed by atoms with van der Waals surface area (Å²) >= 11 is 3.39. The van der Waals surface area contributed by atoms with E-state index >= 15 is 0 Å². The van der Waals surface area contributed by atoms with E-state index in [1.54, 1.807) is 6.20 Å². The molecule has 1 saturated carbocycles. The maximum atomic E-state index is 6.01. The molecule has 1 aromatic rings. The van der Waals surface area contributed by atoms with Gasteiger partial charge in [0, 0.05) is 22.8 Å². The number of pyridine rings is 1. The summed E-state index contributed by atoms with van der Waals surface area (Å²) in [5.74, 6) is 1.57. The lowest BCUT2D eigenvalue weighted by Gasteiger charge is -2.45. The molecule has 0 aliphatic heterocycles. The maximum Gasteiger partial charge on any atom is 0.149 e. The van der Waals surface area contributed by atoms with Crippen LogP contribution in [0.5, 0.6) is 0 Å². The van der Waals surface area contributed by atoms with Gasteiger partial charge in [0.15, 0.2) is 0 Å². The summed E-state index contributed by atoms with van der Waals surface area (Å²) in [6.07, 6.45) is 6.88. The average molecular weight is 341 g/mol. The molecular formula is C15H25BrN4. The molecule has 1 aliphatic rings. The molecule has 0 bridgehead atoms. The Bertz CT molecular complexity index is 463. The molecule has 112 valence electrons. The molecule has 1 fully saturated rings. The SMILES string of the molecule is CC1CCCC(CNc2ncc(Br)cc2N)(N(C)C)C1. The van der Waals surface area contributed by atoms with Crippen LogP contribution in [0.2, 0.25) is 0 Å². The average Bonchev–Trinajstić information content (AvgIpc) is 2.37. The highest BCUT2D eigenvalue weighted by Crippen LogP contribution is 2.36. The van der Waals surface area contributed by atoms with Gasteiger partial charge in [-0.15, -0.1) is 0 Å². The number of nitrogens with one attached hydrogen (secondary N) is 1. The van der Waals surface area contributed by atoms with E-state index in [9.17, 15) is 0 Å². The Labute approximate surface area is 130 Å². The lowest BCUT2D eigenvalue weighted by molar-refractivity contribution is 0.0882. The Balaban J connectivity index is 2.09. The van der Waals surface area contributed by atoms with Gasteiger partial charge < -0.3 is 16.0 Å². The Kier molecular flexibility index (Phi) is 4.91. The quantitative estimate of drug-likeness (QED) is 0.882. The summed E-state index contributed by atoms with van der Waals surface area (Å²) in [6, 6.07) is 1.89. The molecule has 5 heteroatoms. The van der Waals surface area contributed by atoms with Crippen LogP contribution in [0.25, 0.3) is 0 Å². The van der Waals surface area contributed by atoms with Crippen LogP contribution in [0.4, 0.5) is 11.5 Å². The number of halogens is 1. The van der Waals surface area contributed by atoms with Crippen molar-refractivity contribution in [3.05, 3.63) is 16.7 Å². The van der Waals surface area contributed by atoms with E-state index in [1.807, 2.05) is 6.07 Å². The van der Waals surface area contributed by atoms with Crippen LogP contribution in [-0.2, 0) is 0 Å². The van der Waals surface area contributed by atoms with Crippen LogP contribution in [0.1, 0.15) is 32.6 Å². The number of likely N-dealkylation sites (N-methyl/N-ethyl adjacent to an activating group) is 1. The summed E-state index contributed by atoms with van der Waals surface area (Å²) in [5, 5.41) is 3.45. The second kappa shape index (κ2) is 6.31. The number of anilines is 2. The van der Waals surface area contributed by atoms with Crippen molar-refractivity contribution >= 4 is 27.4 Å². The molecule has 1 aliphatic carbocycles. The first-order chi connectivity index (χ1) is 9.43. The zero-order valence-corrected chi connectivity index (χ0v) is 14.2. The Hall–Kier alpha value is -0.810. The third-order valence-corrected chi connectivity index (χ3v) is 4.92. The molecule has 2 rings (SSSR count). The smallest absolute Gasteiger partial charge is 0.149 e. The minimum absolute atomic E-state index is 0.207. The number of hydrogen-bond acceptors (Lipinski definition) is 4. The topological polar surface area (TPSA) is 54.2 Å². The largest absolute Gasteiger partial charge is 0.396 e. The minimum atomic E-state index is 0.207.